The highest BCUT2D eigenvalue weighted by Gasteiger charge is 2.33. The van der Waals surface area contributed by atoms with Gasteiger partial charge in [-0.25, -0.2) is 0 Å². The molecule has 1 aromatic rings. The van der Waals surface area contributed by atoms with Crippen LogP contribution >= 0.6 is 0 Å². The van der Waals surface area contributed by atoms with Crippen LogP contribution in [0.25, 0.3) is 0 Å². The molecule has 1 aromatic carbocycles. The highest BCUT2D eigenvalue weighted by atomic mass is 16.5. The summed E-state index contributed by atoms with van der Waals surface area (Å²) in [6.07, 6.45) is 3.33. The Balaban J connectivity index is 2.08. The van der Waals surface area contributed by atoms with Gasteiger partial charge in [0.2, 0.25) is 0 Å². The third kappa shape index (κ3) is 4.00. The minimum Gasteiger partial charge on any atom is -0.496 e. The van der Waals surface area contributed by atoms with Crippen molar-refractivity contribution in [2.24, 2.45) is 5.41 Å². The molecule has 1 aliphatic heterocycles. The molecule has 1 fully saturated rings. The smallest absolute Gasteiger partial charge is 0.124 e. The fourth-order valence-electron chi connectivity index (χ4n) is 3.43. The summed E-state index contributed by atoms with van der Waals surface area (Å²) in [6, 6.07) is 6.31. The summed E-state index contributed by atoms with van der Waals surface area (Å²) in [5.74, 6) is 0.877. The highest BCUT2D eigenvalue weighted by molar-refractivity contribution is 5.37. The molecule has 4 nitrogen and oxygen atoms in total. The third-order valence-electron chi connectivity index (χ3n) is 4.88. The molecular weight excluding hydrogens is 278 g/mol. The lowest BCUT2D eigenvalue weighted by atomic mass is 9.78. The van der Waals surface area contributed by atoms with Gasteiger partial charge in [0, 0.05) is 37.8 Å². The second-order valence-corrected chi connectivity index (χ2v) is 6.41. The molecule has 22 heavy (non-hydrogen) atoms. The molecule has 1 aliphatic rings. The molecule has 124 valence electrons. The number of hydrogen-bond acceptors (Lipinski definition) is 4. The number of nitrogens with zero attached hydrogens (tertiary/aromatic N) is 1. The number of aliphatic hydroxyl groups is 1. The second kappa shape index (κ2) is 7.95. The van der Waals surface area contributed by atoms with E-state index in [2.05, 4.69) is 24.0 Å². The maximum atomic E-state index is 9.75. The summed E-state index contributed by atoms with van der Waals surface area (Å²) < 4.78 is 10.6. The Morgan fingerprint density at radius 1 is 1.32 bits per heavy atom. The van der Waals surface area contributed by atoms with Crippen LogP contribution in [0.15, 0.2) is 18.2 Å². The molecule has 1 saturated heterocycles. The lowest BCUT2D eigenvalue weighted by molar-refractivity contribution is 0.0258. The molecule has 4 heteroatoms. The second-order valence-electron chi connectivity index (χ2n) is 6.41. The Morgan fingerprint density at radius 2 is 2.14 bits per heavy atom. The van der Waals surface area contributed by atoms with Gasteiger partial charge in [-0.15, -0.1) is 0 Å². The van der Waals surface area contributed by atoms with Crippen molar-refractivity contribution in [3.63, 3.8) is 0 Å². The van der Waals surface area contributed by atoms with E-state index >= 15 is 0 Å². The molecule has 0 aliphatic carbocycles. The van der Waals surface area contributed by atoms with E-state index in [1.165, 1.54) is 5.56 Å². The van der Waals surface area contributed by atoms with Gasteiger partial charge in [-0.05, 0) is 43.5 Å². The topological polar surface area (TPSA) is 41.9 Å². The van der Waals surface area contributed by atoms with E-state index in [0.29, 0.717) is 6.61 Å². The fourth-order valence-corrected chi connectivity index (χ4v) is 3.43. The zero-order chi connectivity index (χ0) is 16.0. The van der Waals surface area contributed by atoms with Crippen LogP contribution in [0.5, 0.6) is 5.75 Å². The third-order valence-corrected chi connectivity index (χ3v) is 4.88. The fraction of sp³-hybridized carbons (Fsp3) is 0.667. The Bertz CT molecular complexity index is 471. The van der Waals surface area contributed by atoms with E-state index in [1.54, 1.807) is 14.2 Å². The maximum Gasteiger partial charge on any atom is 0.124 e. The van der Waals surface area contributed by atoms with Gasteiger partial charge >= 0.3 is 0 Å². The van der Waals surface area contributed by atoms with Gasteiger partial charge in [-0.1, -0.05) is 13.0 Å². The minimum absolute atomic E-state index is 0.0834. The number of piperidine rings is 1. The largest absolute Gasteiger partial charge is 0.496 e. The van der Waals surface area contributed by atoms with Crippen LogP contribution in [0.3, 0.4) is 0 Å². The highest BCUT2D eigenvalue weighted by Crippen LogP contribution is 2.33. The molecule has 1 N–H and O–H groups in total. The summed E-state index contributed by atoms with van der Waals surface area (Å²) >= 11 is 0. The molecule has 0 unspecified atom stereocenters. The standard InChI is InChI=1S/C18H29NO3/c1-4-18(14-20)8-5-9-19(13-18)11-15-6-7-17(22-3)16(10-15)12-21-2/h6-7,10,20H,4-5,8-9,11-14H2,1-3H3/t18-/m0/s1. The van der Waals surface area contributed by atoms with Crippen LogP contribution in [0.4, 0.5) is 0 Å². The van der Waals surface area contributed by atoms with Gasteiger partial charge in [-0.3, -0.25) is 4.90 Å². The van der Waals surface area contributed by atoms with Crippen LogP contribution < -0.4 is 4.74 Å². The van der Waals surface area contributed by atoms with E-state index in [4.69, 9.17) is 9.47 Å². The van der Waals surface area contributed by atoms with Crippen LogP contribution in [0.1, 0.15) is 37.3 Å². The first kappa shape index (κ1) is 17.3. The molecule has 0 amide bonds. The van der Waals surface area contributed by atoms with Crippen molar-refractivity contribution in [1.82, 2.24) is 4.90 Å². The van der Waals surface area contributed by atoms with Gasteiger partial charge in [0.1, 0.15) is 5.75 Å². The predicted molar refractivity (Wildman–Crippen MR) is 88.0 cm³/mol. The zero-order valence-corrected chi connectivity index (χ0v) is 14.1. The average Bonchev–Trinajstić information content (AvgIpc) is 2.55. The summed E-state index contributed by atoms with van der Waals surface area (Å²) in [5.41, 5.74) is 2.45. The van der Waals surface area contributed by atoms with Gasteiger partial charge in [0.25, 0.3) is 0 Å². The Morgan fingerprint density at radius 3 is 2.77 bits per heavy atom. The lowest BCUT2D eigenvalue weighted by Gasteiger charge is -2.41. The van der Waals surface area contributed by atoms with Crippen molar-refractivity contribution in [1.29, 1.82) is 0 Å². The minimum atomic E-state index is 0.0834. The molecular formula is C18H29NO3. The van der Waals surface area contributed by atoms with Crippen molar-refractivity contribution in [3.8, 4) is 5.75 Å². The predicted octanol–water partition coefficient (Wildman–Crippen LogP) is 2.83. The van der Waals surface area contributed by atoms with E-state index < -0.39 is 0 Å². The molecule has 0 saturated carbocycles. The molecule has 0 aromatic heterocycles. The number of benzene rings is 1. The van der Waals surface area contributed by atoms with E-state index in [-0.39, 0.29) is 12.0 Å². The first-order valence-electron chi connectivity index (χ1n) is 8.14. The van der Waals surface area contributed by atoms with Gasteiger partial charge < -0.3 is 14.6 Å². The summed E-state index contributed by atoms with van der Waals surface area (Å²) in [7, 11) is 3.39. The SMILES string of the molecule is CC[C@]1(CO)CCCN(Cc2ccc(OC)c(COC)c2)C1. The molecule has 1 heterocycles. The van der Waals surface area contributed by atoms with Crippen molar-refractivity contribution in [2.45, 2.75) is 39.3 Å². The summed E-state index contributed by atoms with van der Waals surface area (Å²) in [6.45, 7) is 6.04. The van der Waals surface area contributed by atoms with E-state index in [9.17, 15) is 5.11 Å². The quantitative estimate of drug-likeness (QED) is 0.841. The van der Waals surface area contributed by atoms with Crippen molar-refractivity contribution >= 4 is 0 Å². The van der Waals surface area contributed by atoms with Crippen molar-refractivity contribution < 1.29 is 14.6 Å². The Labute approximate surface area is 134 Å². The molecule has 2 rings (SSSR count). The normalized spacial score (nSPS) is 22.7. The maximum absolute atomic E-state index is 9.75. The van der Waals surface area contributed by atoms with Gasteiger partial charge in [-0.2, -0.15) is 0 Å². The van der Waals surface area contributed by atoms with Crippen LogP contribution in [-0.2, 0) is 17.9 Å². The summed E-state index contributed by atoms with van der Waals surface area (Å²) in [4.78, 5) is 2.46. The van der Waals surface area contributed by atoms with Crippen LogP contribution in [-0.4, -0.2) is 43.9 Å². The first-order chi connectivity index (χ1) is 10.7. The van der Waals surface area contributed by atoms with Crippen LogP contribution in [0.2, 0.25) is 0 Å². The monoisotopic (exact) mass is 307 g/mol. The Hall–Kier alpha value is -1.10. The lowest BCUT2D eigenvalue weighted by Crippen LogP contribution is -2.44. The molecule has 1 atom stereocenters. The molecule has 0 bridgehead atoms. The van der Waals surface area contributed by atoms with Crippen molar-refractivity contribution in [3.05, 3.63) is 29.3 Å². The number of methoxy groups -OCH3 is 2. The number of aliphatic hydroxyl groups excluding tert-OH is 1. The Kier molecular flexibility index (Phi) is 6.24. The molecule has 0 radical (unpaired) electrons. The van der Waals surface area contributed by atoms with Crippen molar-refractivity contribution in [2.75, 3.05) is 33.9 Å². The first-order valence-corrected chi connectivity index (χ1v) is 8.14. The summed E-state index contributed by atoms with van der Waals surface area (Å²) in [5, 5.41) is 9.75. The number of ether oxygens (including phenoxy) is 2. The zero-order valence-electron chi connectivity index (χ0n) is 14.1. The van der Waals surface area contributed by atoms with Gasteiger partial charge in [0.05, 0.1) is 13.7 Å². The number of rotatable bonds is 7. The molecule has 0 spiro atoms. The van der Waals surface area contributed by atoms with Crippen LogP contribution in [0, 0.1) is 5.41 Å². The number of hydrogen-bond donors (Lipinski definition) is 1. The van der Waals surface area contributed by atoms with Gasteiger partial charge in [0.15, 0.2) is 0 Å². The van der Waals surface area contributed by atoms with E-state index in [0.717, 1.165) is 50.2 Å². The average molecular weight is 307 g/mol. The van der Waals surface area contributed by atoms with E-state index in [1.807, 2.05) is 6.07 Å². The number of likely N-dealkylation sites (tertiary alicyclic amines) is 1.